The van der Waals surface area contributed by atoms with Crippen LogP contribution in [-0.4, -0.2) is 25.6 Å². The van der Waals surface area contributed by atoms with Crippen molar-refractivity contribution in [1.82, 2.24) is 18.9 Å². The first kappa shape index (κ1) is 33.1. The average Bonchev–Trinajstić information content (AvgIpc) is 3.81. The van der Waals surface area contributed by atoms with Crippen molar-refractivity contribution in [3.05, 3.63) is 175 Å². The Labute approximate surface area is 321 Å². The van der Waals surface area contributed by atoms with Gasteiger partial charge < -0.3 is 0 Å². The molecule has 0 spiro atoms. The van der Waals surface area contributed by atoms with Crippen molar-refractivity contribution < 1.29 is 0 Å². The van der Waals surface area contributed by atoms with Gasteiger partial charge in [0.2, 0.25) is 6.71 Å². The highest BCUT2D eigenvalue weighted by Crippen LogP contribution is 2.39. The molecule has 0 fully saturated rings. The van der Waals surface area contributed by atoms with Crippen LogP contribution in [0.15, 0.2) is 164 Å². The van der Waals surface area contributed by atoms with E-state index in [4.69, 9.17) is 9.97 Å². The Balaban J connectivity index is 1.25. The fraction of sp³-hybridized carbons (Fsp3) is 0.120. The van der Waals surface area contributed by atoms with Crippen LogP contribution in [-0.2, 0) is 0 Å². The number of para-hydroxylation sites is 2. The molecular weight excluding hydrogens is 667 g/mol. The van der Waals surface area contributed by atoms with Crippen LogP contribution in [0.3, 0.4) is 0 Å². The second kappa shape index (κ2) is 13.1. The standard InChI is InChI=1S/C50H41BN4/c1-32(2)37-19-14-20-38(33(3)4)49(37)47-31-53-50-43-29-35(24-26-39(43)40-17-8-11-22-45(40)55(47)50)51(34-15-6-5-7-16-34)36-25-27-42-41-18-9-10-21-44(41)54(46(42)30-36)48-23-12-13-28-52-48/h5-33H,1-4H3. The number of fused-ring (bicyclic) bond motifs is 9. The lowest BCUT2D eigenvalue weighted by Crippen LogP contribution is -2.51. The summed E-state index contributed by atoms with van der Waals surface area (Å²) in [6, 6.07) is 55.4. The molecule has 0 radical (unpaired) electrons. The normalized spacial score (nSPS) is 12.0. The Morgan fingerprint density at radius 3 is 1.80 bits per heavy atom. The summed E-state index contributed by atoms with van der Waals surface area (Å²) >= 11 is 0. The van der Waals surface area contributed by atoms with Gasteiger partial charge in [0.1, 0.15) is 11.5 Å². The first-order valence-corrected chi connectivity index (χ1v) is 19.4. The summed E-state index contributed by atoms with van der Waals surface area (Å²) in [5, 5.41) is 6.03. The lowest BCUT2D eigenvalue weighted by Gasteiger charge is -2.21. The van der Waals surface area contributed by atoms with Crippen molar-refractivity contribution in [3.8, 4) is 17.1 Å². The highest BCUT2D eigenvalue weighted by Gasteiger charge is 2.26. The summed E-state index contributed by atoms with van der Waals surface area (Å²) in [5.41, 5.74) is 13.3. The number of nitrogens with zero attached hydrogens (tertiary/aromatic N) is 4. The Kier molecular flexibility index (Phi) is 7.92. The number of pyridine rings is 2. The zero-order valence-electron chi connectivity index (χ0n) is 31.6. The monoisotopic (exact) mass is 708 g/mol. The van der Waals surface area contributed by atoms with Gasteiger partial charge in [-0.25, -0.2) is 9.97 Å². The van der Waals surface area contributed by atoms with E-state index in [1.165, 1.54) is 60.1 Å². The molecule has 0 aliphatic heterocycles. The van der Waals surface area contributed by atoms with Gasteiger partial charge in [0.15, 0.2) is 0 Å². The van der Waals surface area contributed by atoms with Crippen LogP contribution in [0, 0.1) is 0 Å². The topological polar surface area (TPSA) is 35.1 Å². The van der Waals surface area contributed by atoms with E-state index >= 15 is 0 Å². The molecule has 6 aromatic carbocycles. The maximum Gasteiger partial charge on any atom is 0.241 e. The largest absolute Gasteiger partial charge is 0.294 e. The van der Waals surface area contributed by atoms with Gasteiger partial charge in [-0.15, -0.1) is 0 Å². The van der Waals surface area contributed by atoms with Gasteiger partial charge in [-0.1, -0.05) is 165 Å². The number of rotatable bonds is 7. The third-order valence-corrected chi connectivity index (χ3v) is 11.5. The zero-order chi connectivity index (χ0) is 37.2. The van der Waals surface area contributed by atoms with Crippen LogP contribution >= 0.6 is 0 Å². The Morgan fingerprint density at radius 2 is 1.09 bits per heavy atom. The molecule has 0 aliphatic carbocycles. The minimum atomic E-state index is -0.0136. The fourth-order valence-corrected chi connectivity index (χ4v) is 8.99. The molecule has 10 rings (SSSR count). The molecule has 0 saturated carbocycles. The molecule has 5 heteroatoms. The van der Waals surface area contributed by atoms with Gasteiger partial charge >= 0.3 is 0 Å². The first-order valence-electron chi connectivity index (χ1n) is 19.4. The smallest absolute Gasteiger partial charge is 0.241 e. The SMILES string of the molecule is CC(C)c1cccc(C(C)C)c1-c1cnc2c3cc(B(c4ccccc4)c4ccc5c6ccccc6n(-c6ccccn6)c5c4)ccc3c3ccccc3n12. The lowest BCUT2D eigenvalue weighted by atomic mass is 9.36. The Morgan fingerprint density at radius 1 is 0.473 bits per heavy atom. The van der Waals surface area contributed by atoms with Crippen LogP contribution in [0.5, 0.6) is 0 Å². The molecule has 4 aromatic heterocycles. The summed E-state index contributed by atoms with van der Waals surface area (Å²) in [4.78, 5) is 10.1. The zero-order valence-corrected chi connectivity index (χ0v) is 31.6. The quantitative estimate of drug-likeness (QED) is 0.122. The number of imidazole rings is 1. The first-order chi connectivity index (χ1) is 27.0. The second-order valence-corrected chi connectivity index (χ2v) is 15.4. The van der Waals surface area contributed by atoms with E-state index in [9.17, 15) is 0 Å². The third kappa shape index (κ3) is 5.29. The van der Waals surface area contributed by atoms with Gasteiger partial charge in [-0.2, -0.15) is 0 Å². The molecule has 10 aromatic rings. The van der Waals surface area contributed by atoms with Gasteiger partial charge in [0.25, 0.3) is 0 Å². The molecule has 4 nitrogen and oxygen atoms in total. The third-order valence-electron chi connectivity index (χ3n) is 11.5. The van der Waals surface area contributed by atoms with E-state index in [0.717, 1.165) is 33.6 Å². The summed E-state index contributed by atoms with van der Waals surface area (Å²) < 4.78 is 4.72. The van der Waals surface area contributed by atoms with E-state index in [1.54, 1.807) is 0 Å². The Hall–Kier alpha value is -6.46. The summed E-state index contributed by atoms with van der Waals surface area (Å²) in [5.74, 6) is 1.66. The molecule has 0 bridgehead atoms. The van der Waals surface area contributed by atoms with Crippen molar-refractivity contribution in [2.24, 2.45) is 0 Å². The van der Waals surface area contributed by atoms with Crippen molar-refractivity contribution in [2.75, 3.05) is 0 Å². The molecule has 0 amide bonds. The van der Waals surface area contributed by atoms with E-state index in [1.807, 2.05) is 12.3 Å². The van der Waals surface area contributed by atoms with Gasteiger partial charge in [0.05, 0.1) is 28.4 Å². The number of hydrogen-bond acceptors (Lipinski definition) is 2. The van der Waals surface area contributed by atoms with Crippen molar-refractivity contribution in [1.29, 1.82) is 0 Å². The number of aromatic nitrogens is 4. The molecule has 0 atom stereocenters. The van der Waals surface area contributed by atoms with Gasteiger partial charge in [0, 0.05) is 33.3 Å². The molecule has 55 heavy (non-hydrogen) atoms. The van der Waals surface area contributed by atoms with Crippen molar-refractivity contribution >= 4 is 72.2 Å². The molecule has 0 saturated heterocycles. The molecule has 264 valence electrons. The summed E-state index contributed by atoms with van der Waals surface area (Å²) in [7, 11) is 0. The molecular formula is C50H41BN4. The van der Waals surface area contributed by atoms with Crippen LogP contribution in [0.1, 0.15) is 50.7 Å². The minimum Gasteiger partial charge on any atom is -0.294 e. The van der Waals surface area contributed by atoms with Crippen LogP contribution in [0.25, 0.3) is 66.2 Å². The fourth-order valence-electron chi connectivity index (χ4n) is 8.99. The molecule has 0 aliphatic rings. The van der Waals surface area contributed by atoms with Crippen LogP contribution in [0.4, 0.5) is 0 Å². The van der Waals surface area contributed by atoms with Crippen molar-refractivity contribution in [2.45, 2.75) is 39.5 Å². The van der Waals surface area contributed by atoms with E-state index in [-0.39, 0.29) is 6.71 Å². The molecule has 4 heterocycles. The van der Waals surface area contributed by atoms with E-state index in [2.05, 4.69) is 188 Å². The predicted octanol–water partition coefficient (Wildman–Crippen LogP) is 10.6. The predicted molar refractivity (Wildman–Crippen MR) is 233 cm³/mol. The maximum atomic E-state index is 5.28. The highest BCUT2D eigenvalue weighted by molar-refractivity contribution is 6.95. The van der Waals surface area contributed by atoms with Crippen molar-refractivity contribution in [3.63, 3.8) is 0 Å². The molecule has 0 unspecified atom stereocenters. The minimum absolute atomic E-state index is 0.0136. The highest BCUT2D eigenvalue weighted by atomic mass is 15.1. The second-order valence-electron chi connectivity index (χ2n) is 15.4. The lowest BCUT2D eigenvalue weighted by molar-refractivity contribution is 0.836. The van der Waals surface area contributed by atoms with E-state index < -0.39 is 0 Å². The van der Waals surface area contributed by atoms with Crippen LogP contribution in [0.2, 0.25) is 0 Å². The summed E-state index contributed by atoms with van der Waals surface area (Å²) in [6.07, 6.45) is 3.98. The maximum absolute atomic E-state index is 5.28. The van der Waals surface area contributed by atoms with Crippen LogP contribution < -0.4 is 16.4 Å². The summed E-state index contributed by atoms with van der Waals surface area (Å²) in [6.45, 7) is 9.16. The number of hydrogen-bond donors (Lipinski definition) is 0. The average molecular weight is 709 g/mol. The molecule has 0 N–H and O–H groups in total. The van der Waals surface area contributed by atoms with Gasteiger partial charge in [-0.05, 0) is 58.7 Å². The Bertz CT molecular complexity index is 3020. The number of benzene rings is 6. The van der Waals surface area contributed by atoms with Gasteiger partial charge in [-0.3, -0.25) is 8.97 Å². The van der Waals surface area contributed by atoms with E-state index in [0.29, 0.717) is 11.8 Å².